The van der Waals surface area contributed by atoms with E-state index in [2.05, 4.69) is 15.9 Å². The molecule has 1 saturated heterocycles. The van der Waals surface area contributed by atoms with Crippen molar-refractivity contribution in [3.05, 3.63) is 91.9 Å². The molecule has 6 nitrogen and oxygen atoms in total. The van der Waals surface area contributed by atoms with Crippen LogP contribution in [0, 0.1) is 6.92 Å². The Bertz CT molecular complexity index is 1390. The van der Waals surface area contributed by atoms with Crippen LogP contribution in [0.1, 0.15) is 34.3 Å². The van der Waals surface area contributed by atoms with Crippen LogP contribution in [0.25, 0.3) is 0 Å². The first-order valence-electron chi connectivity index (χ1n) is 11.8. The number of halogens is 3. The van der Waals surface area contributed by atoms with E-state index in [0.717, 1.165) is 32.7 Å². The molecule has 1 amide bonds. The smallest absolute Gasteiger partial charge is 0.265 e. The third kappa shape index (κ3) is 6.49. The summed E-state index contributed by atoms with van der Waals surface area (Å²) in [5.41, 5.74) is 2.70. The van der Waals surface area contributed by atoms with Crippen molar-refractivity contribution in [3.63, 3.8) is 0 Å². The lowest BCUT2D eigenvalue weighted by molar-refractivity contribution is 0.0506. The van der Waals surface area contributed by atoms with E-state index in [0.29, 0.717) is 30.4 Å². The maximum absolute atomic E-state index is 13.8. The number of hydrogen-bond acceptors (Lipinski definition) is 4. The van der Waals surface area contributed by atoms with E-state index in [-0.39, 0.29) is 27.5 Å². The van der Waals surface area contributed by atoms with E-state index in [1.54, 1.807) is 35.2 Å². The number of nitrogens with zero attached hydrogens (tertiary/aromatic N) is 2. The number of ether oxygens (including phenoxy) is 1. The first-order chi connectivity index (χ1) is 17.6. The van der Waals surface area contributed by atoms with Gasteiger partial charge in [-0.05, 0) is 79.4 Å². The van der Waals surface area contributed by atoms with Crippen LogP contribution in [0.4, 0.5) is 5.69 Å². The molecule has 1 aliphatic rings. The molecule has 4 rings (SSSR count). The van der Waals surface area contributed by atoms with Gasteiger partial charge in [-0.15, -0.1) is 0 Å². The van der Waals surface area contributed by atoms with Gasteiger partial charge in [0.05, 0.1) is 16.8 Å². The van der Waals surface area contributed by atoms with Crippen LogP contribution in [0.3, 0.4) is 0 Å². The van der Waals surface area contributed by atoms with E-state index in [4.69, 9.17) is 27.9 Å². The van der Waals surface area contributed by atoms with Gasteiger partial charge in [-0.3, -0.25) is 9.10 Å². The highest BCUT2D eigenvalue weighted by molar-refractivity contribution is 9.10. The Morgan fingerprint density at radius 1 is 1.08 bits per heavy atom. The maximum atomic E-state index is 13.8. The van der Waals surface area contributed by atoms with Crippen LogP contribution in [0.2, 0.25) is 10.0 Å². The summed E-state index contributed by atoms with van der Waals surface area (Å²) in [7, 11) is -2.62. The third-order valence-electron chi connectivity index (χ3n) is 6.31. The summed E-state index contributed by atoms with van der Waals surface area (Å²) in [5.74, 6) is -0.301. The van der Waals surface area contributed by atoms with Gasteiger partial charge in [-0.2, -0.15) is 0 Å². The molecule has 0 aromatic heterocycles. The lowest BCUT2D eigenvalue weighted by atomic mass is 10.1. The Morgan fingerprint density at radius 3 is 2.46 bits per heavy atom. The highest BCUT2D eigenvalue weighted by Crippen LogP contribution is 2.30. The fraction of sp³-hybridized carbons (Fsp3) is 0.296. The Morgan fingerprint density at radius 2 is 1.81 bits per heavy atom. The second-order valence-electron chi connectivity index (χ2n) is 9.01. The van der Waals surface area contributed by atoms with Crippen molar-refractivity contribution in [1.29, 1.82) is 0 Å². The third-order valence-corrected chi connectivity index (χ3v) is 9.57. The largest absolute Gasteiger partial charge is 0.376 e. The molecule has 0 N–H and O–H groups in total. The summed E-state index contributed by atoms with van der Waals surface area (Å²) < 4.78 is 34.8. The maximum Gasteiger partial charge on any atom is 0.265 e. The first-order valence-corrected chi connectivity index (χ1v) is 14.7. The average molecular weight is 626 g/mol. The van der Waals surface area contributed by atoms with Crippen molar-refractivity contribution in [2.24, 2.45) is 0 Å². The zero-order chi connectivity index (χ0) is 26.7. The molecule has 0 aliphatic carbocycles. The van der Waals surface area contributed by atoms with Crippen LogP contribution < -0.4 is 4.31 Å². The average Bonchev–Trinajstić information content (AvgIpc) is 3.38. The normalized spacial score (nSPS) is 15.5. The molecule has 3 aromatic carbocycles. The highest BCUT2D eigenvalue weighted by Gasteiger charge is 2.28. The Kier molecular flexibility index (Phi) is 8.86. The van der Waals surface area contributed by atoms with Crippen molar-refractivity contribution >= 4 is 60.7 Å². The minimum atomic E-state index is -4.05. The summed E-state index contributed by atoms with van der Waals surface area (Å²) >= 11 is 15.9. The lowest BCUT2D eigenvalue weighted by Gasteiger charge is -2.27. The summed E-state index contributed by atoms with van der Waals surface area (Å²) in [6, 6.07) is 16.7. The Labute approximate surface area is 236 Å². The predicted molar refractivity (Wildman–Crippen MR) is 151 cm³/mol. The molecule has 1 heterocycles. The van der Waals surface area contributed by atoms with Gasteiger partial charge in [0.15, 0.2) is 0 Å². The van der Waals surface area contributed by atoms with Crippen molar-refractivity contribution in [1.82, 2.24) is 4.90 Å². The van der Waals surface area contributed by atoms with Crippen molar-refractivity contribution in [3.8, 4) is 0 Å². The number of hydrogen-bond donors (Lipinski definition) is 0. The second-order valence-corrected chi connectivity index (χ2v) is 12.6. The van der Waals surface area contributed by atoms with E-state index in [1.165, 1.54) is 19.2 Å². The number of rotatable bonds is 8. The molecule has 3 aromatic rings. The molecule has 37 heavy (non-hydrogen) atoms. The molecule has 1 aliphatic heterocycles. The quantitative estimate of drug-likeness (QED) is 0.279. The number of carbonyl (C=O) groups excluding carboxylic acids is 1. The van der Waals surface area contributed by atoms with Gasteiger partial charge in [0.2, 0.25) is 0 Å². The van der Waals surface area contributed by atoms with Gasteiger partial charge < -0.3 is 9.64 Å². The number of aryl methyl sites for hydroxylation is 1. The Balaban J connectivity index is 1.67. The number of carbonyl (C=O) groups is 1. The SMILES string of the molecule is Cc1ccc(CN(CC2CCCO2)C(=O)c2ccc(Cl)c(S(=O)(=O)N(C)c3ccc(Cl)cc3)c2)c(Br)c1. The van der Waals surface area contributed by atoms with Crippen LogP contribution >= 0.6 is 39.1 Å². The molecule has 1 fully saturated rings. The van der Waals surface area contributed by atoms with Crippen LogP contribution in [-0.2, 0) is 21.3 Å². The van der Waals surface area contributed by atoms with Crippen LogP contribution in [0.15, 0.2) is 70.0 Å². The molecular formula is C27H27BrCl2N2O4S. The topological polar surface area (TPSA) is 66.9 Å². The molecule has 0 spiro atoms. The number of sulfonamides is 1. The van der Waals surface area contributed by atoms with E-state index >= 15 is 0 Å². The van der Waals surface area contributed by atoms with Gasteiger partial charge in [0.25, 0.3) is 15.9 Å². The summed E-state index contributed by atoms with van der Waals surface area (Å²) in [6.07, 6.45) is 1.74. The summed E-state index contributed by atoms with van der Waals surface area (Å²) in [6.45, 7) is 3.41. The van der Waals surface area contributed by atoms with Gasteiger partial charge >= 0.3 is 0 Å². The van der Waals surface area contributed by atoms with E-state index in [9.17, 15) is 13.2 Å². The fourth-order valence-corrected chi connectivity index (χ4v) is 6.63. The van der Waals surface area contributed by atoms with Gasteiger partial charge in [-0.1, -0.05) is 51.3 Å². The zero-order valence-electron chi connectivity index (χ0n) is 20.5. The first kappa shape index (κ1) is 27.9. The molecule has 10 heteroatoms. The number of amides is 1. The van der Waals surface area contributed by atoms with E-state index in [1.807, 2.05) is 25.1 Å². The predicted octanol–water partition coefficient (Wildman–Crippen LogP) is 6.71. The monoisotopic (exact) mass is 624 g/mol. The van der Waals surface area contributed by atoms with Crippen molar-refractivity contribution in [2.45, 2.75) is 37.3 Å². The Hall–Kier alpha value is -2.10. The van der Waals surface area contributed by atoms with Crippen molar-refractivity contribution in [2.75, 3.05) is 24.5 Å². The fourth-order valence-electron chi connectivity index (χ4n) is 4.19. The zero-order valence-corrected chi connectivity index (χ0v) is 24.4. The summed E-state index contributed by atoms with van der Waals surface area (Å²) in [4.78, 5) is 15.3. The molecule has 0 bridgehead atoms. The minimum Gasteiger partial charge on any atom is -0.376 e. The van der Waals surface area contributed by atoms with E-state index < -0.39 is 10.0 Å². The van der Waals surface area contributed by atoms with Gasteiger partial charge in [-0.25, -0.2) is 8.42 Å². The molecule has 1 unspecified atom stereocenters. The summed E-state index contributed by atoms with van der Waals surface area (Å²) in [5, 5.41) is 0.524. The molecule has 196 valence electrons. The number of benzene rings is 3. The standard InChI is InChI=1S/C27H27BrCl2N2O4S/c1-18-5-6-20(24(28)14-18)16-32(17-23-4-3-13-36-23)27(33)19-7-12-25(30)26(15-19)37(34,35)31(2)22-10-8-21(29)9-11-22/h5-12,14-15,23H,3-4,13,16-17H2,1-2H3. The number of anilines is 1. The minimum absolute atomic E-state index is 0.0318. The van der Waals surface area contributed by atoms with Crippen LogP contribution in [0.5, 0.6) is 0 Å². The second kappa shape index (κ2) is 11.7. The van der Waals surface area contributed by atoms with Gasteiger partial charge in [0.1, 0.15) is 4.90 Å². The molecule has 0 radical (unpaired) electrons. The molecule has 0 saturated carbocycles. The lowest BCUT2D eigenvalue weighted by Crippen LogP contribution is -2.37. The highest BCUT2D eigenvalue weighted by atomic mass is 79.9. The van der Waals surface area contributed by atoms with Gasteiger partial charge in [0, 0.05) is 41.8 Å². The molecular weight excluding hydrogens is 599 g/mol. The van der Waals surface area contributed by atoms with Crippen LogP contribution in [-0.4, -0.2) is 45.5 Å². The molecule has 1 atom stereocenters. The van der Waals surface area contributed by atoms with Crippen molar-refractivity contribution < 1.29 is 17.9 Å².